The van der Waals surface area contributed by atoms with Crippen LogP contribution >= 0.6 is 0 Å². The zero-order chi connectivity index (χ0) is 8.39. The van der Waals surface area contributed by atoms with Crippen molar-refractivity contribution in [2.75, 3.05) is 0 Å². The molecule has 0 bridgehead atoms. The summed E-state index contributed by atoms with van der Waals surface area (Å²) < 4.78 is 0. The molecule has 58 valence electrons. The highest BCUT2D eigenvalue weighted by molar-refractivity contribution is 5.15. The molecule has 2 rings (SSSR count). The first-order valence-corrected chi connectivity index (χ1v) is 3.86. The van der Waals surface area contributed by atoms with Crippen LogP contribution in [-0.2, 0) is 0 Å². The van der Waals surface area contributed by atoms with Crippen molar-refractivity contribution in [2.45, 2.75) is 0 Å². The zero-order valence-electron chi connectivity index (χ0n) is 6.53. The van der Waals surface area contributed by atoms with E-state index in [0.717, 1.165) is 10.4 Å². The normalized spacial score (nSPS) is 10.0. The van der Waals surface area contributed by atoms with E-state index in [1.807, 2.05) is 42.5 Å². The molecule has 1 nitrogen and oxygen atoms in total. The lowest BCUT2D eigenvalue weighted by Gasteiger charge is -1.76. The van der Waals surface area contributed by atoms with E-state index in [2.05, 4.69) is 0 Å². The van der Waals surface area contributed by atoms with Crippen molar-refractivity contribution in [1.29, 1.82) is 0 Å². The Balaban J connectivity index is 3.07. The van der Waals surface area contributed by atoms with Crippen molar-refractivity contribution in [3.05, 3.63) is 69.2 Å². The second-order valence-electron chi connectivity index (χ2n) is 2.67. The van der Waals surface area contributed by atoms with Crippen LogP contribution in [-0.4, -0.2) is 0 Å². The van der Waals surface area contributed by atoms with E-state index in [9.17, 15) is 4.79 Å². The van der Waals surface area contributed by atoms with Gasteiger partial charge in [-0.25, -0.2) is 0 Å². The largest absolute Gasteiger partial charge is 0.289 e. The summed E-state index contributed by atoms with van der Waals surface area (Å²) in [5.74, 6) is 0. The zero-order valence-corrected chi connectivity index (χ0v) is 6.53. The van der Waals surface area contributed by atoms with Crippen LogP contribution in [0.2, 0.25) is 0 Å². The first-order valence-electron chi connectivity index (χ1n) is 3.86. The monoisotopic (exact) mass is 156 g/mol. The summed E-state index contributed by atoms with van der Waals surface area (Å²) in [5.41, 5.74) is 0.0983. The molecular formula is C11H8O. The van der Waals surface area contributed by atoms with E-state index >= 15 is 0 Å². The summed E-state index contributed by atoms with van der Waals surface area (Å²) in [6, 6.07) is 14.9. The third-order valence-corrected chi connectivity index (χ3v) is 1.86. The summed E-state index contributed by atoms with van der Waals surface area (Å²) in [5, 5.41) is 1.79. The Kier molecular flexibility index (Phi) is 1.63. The molecule has 0 amide bonds. The van der Waals surface area contributed by atoms with E-state index in [0.29, 0.717) is 0 Å². The molecule has 1 heteroatoms. The second-order valence-corrected chi connectivity index (χ2v) is 2.67. The van der Waals surface area contributed by atoms with Crippen molar-refractivity contribution in [1.82, 2.24) is 0 Å². The Bertz CT molecular complexity index is 502. The van der Waals surface area contributed by atoms with Gasteiger partial charge < -0.3 is 0 Å². The van der Waals surface area contributed by atoms with Crippen LogP contribution in [0.15, 0.2) is 53.3 Å². The molecule has 0 fully saturated rings. The number of rotatable bonds is 0. The molecule has 0 aromatic carbocycles. The Morgan fingerprint density at radius 1 is 0.750 bits per heavy atom. The summed E-state index contributed by atoms with van der Waals surface area (Å²) >= 11 is 0. The van der Waals surface area contributed by atoms with E-state index in [-0.39, 0.29) is 5.43 Å². The molecule has 2 aliphatic rings. The fourth-order valence-corrected chi connectivity index (χ4v) is 1.25. The molecule has 0 saturated heterocycles. The predicted octanol–water partition coefficient (Wildman–Crippen LogP) is 1.77. The van der Waals surface area contributed by atoms with Gasteiger partial charge in [0.05, 0.1) is 0 Å². The average Bonchev–Trinajstić information content (AvgIpc) is 2.31. The van der Waals surface area contributed by atoms with Crippen molar-refractivity contribution < 1.29 is 0 Å². The van der Waals surface area contributed by atoms with Gasteiger partial charge in [-0.2, -0.15) is 0 Å². The van der Waals surface area contributed by atoms with Gasteiger partial charge in [0.25, 0.3) is 0 Å². The lowest BCUT2D eigenvalue weighted by atomic mass is 10.3. The minimum atomic E-state index is 0.0983. The summed E-state index contributed by atoms with van der Waals surface area (Å²) in [6.45, 7) is 0. The SMILES string of the molecule is O=c1ccc2ccccccc1=2. The van der Waals surface area contributed by atoms with Crippen molar-refractivity contribution >= 4 is 0 Å². The maximum Gasteiger partial charge on any atom is 0.186 e. The topological polar surface area (TPSA) is 17.1 Å². The molecule has 0 saturated carbocycles. The molecular weight excluding hydrogens is 148 g/mol. The van der Waals surface area contributed by atoms with Crippen LogP contribution in [0.3, 0.4) is 0 Å². The molecule has 12 heavy (non-hydrogen) atoms. The van der Waals surface area contributed by atoms with E-state index < -0.39 is 0 Å². The van der Waals surface area contributed by atoms with Crippen LogP contribution in [0.25, 0.3) is 0 Å². The summed E-state index contributed by atoms with van der Waals surface area (Å²) in [6.07, 6.45) is 0. The molecule has 0 radical (unpaired) electrons. The minimum absolute atomic E-state index is 0.0983. The molecule has 0 atom stereocenters. The van der Waals surface area contributed by atoms with Crippen LogP contribution in [0.4, 0.5) is 0 Å². The van der Waals surface area contributed by atoms with Gasteiger partial charge in [-0.3, -0.25) is 4.79 Å². The van der Waals surface area contributed by atoms with Crippen LogP contribution in [0, 0.1) is 10.4 Å². The van der Waals surface area contributed by atoms with E-state index in [4.69, 9.17) is 0 Å². The third kappa shape index (κ3) is 1.10. The van der Waals surface area contributed by atoms with Crippen molar-refractivity contribution in [3.8, 4) is 0 Å². The van der Waals surface area contributed by atoms with E-state index in [1.54, 1.807) is 6.07 Å². The maximum absolute atomic E-state index is 11.2. The summed E-state index contributed by atoms with van der Waals surface area (Å²) in [4.78, 5) is 11.2. The fourth-order valence-electron chi connectivity index (χ4n) is 1.25. The Morgan fingerprint density at radius 2 is 1.50 bits per heavy atom. The number of hydrogen-bond acceptors (Lipinski definition) is 1. The van der Waals surface area contributed by atoms with Gasteiger partial charge in [-0.05, 0) is 11.3 Å². The molecule has 0 aliphatic heterocycles. The highest BCUT2D eigenvalue weighted by Gasteiger charge is 1.89. The lowest BCUT2D eigenvalue weighted by molar-refractivity contribution is 1.53. The van der Waals surface area contributed by atoms with Gasteiger partial charge in [0, 0.05) is 5.22 Å². The van der Waals surface area contributed by atoms with Gasteiger partial charge >= 0.3 is 0 Å². The highest BCUT2D eigenvalue weighted by Crippen LogP contribution is 1.92. The van der Waals surface area contributed by atoms with Gasteiger partial charge in [0.2, 0.25) is 0 Å². The fraction of sp³-hybridized carbons (Fsp3) is 0. The standard InChI is InChI=1S/C11H8O/c12-11-8-7-9-5-3-1-2-4-6-10(9)11/h1-8H. The minimum Gasteiger partial charge on any atom is -0.289 e. The van der Waals surface area contributed by atoms with Crippen LogP contribution in [0.1, 0.15) is 0 Å². The molecule has 0 unspecified atom stereocenters. The summed E-state index contributed by atoms with van der Waals surface area (Å²) in [7, 11) is 0. The van der Waals surface area contributed by atoms with Gasteiger partial charge in [-0.15, -0.1) is 0 Å². The molecule has 0 N–H and O–H groups in total. The van der Waals surface area contributed by atoms with E-state index in [1.165, 1.54) is 0 Å². The van der Waals surface area contributed by atoms with Crippen LogP contribution < -0.4 is 5.43 Å². The molecule has 0 spiro atoms. The average molecular weight is 156 g/mol. The smallest absolute Gasteiger partial charge is 0.186 e. The quantitative estimate of drug-likeness (QED) is 0.568. The maximum atomic E-state index is 11.2. The highest BCUT2D eigenvalue weighted by atomic mass is 16.1. The van der Waals surface area contributed by atoms with Crippen LogP contribution in [0.5, 0.6) is 0 Å². The number of hydrogen-bond donors (Lipinski definition) is 0. The second kappa shape index (κ2) is 2.78. The Labute approximate surface area is 69.9 Å². The lowest BCUT2D eigenvalue weighted by Crippen LogP contribution is -1.91. The molecule has 0 aromatic rings. The van der Waals surface area contributed by atoms with Crippen molar-refractivity contribution in [2.24, 2.45) is 0 Å². The van der Waals surface area contributed by atoms with Gasteiger partial charge in [0.1, 0.15) is 0 Å². The molecule has 0 aromatic heterocycles. The first kappa shape index (κ1) is 7.04. The first-order chi connectivity index (χ1) is 5.88. The van der Waals surface area contributed by atoms with Gasteiger partial charge in [-0.1, -0.05) is 42.5 Å². The molecule has 0 heterocycles. The third-order valence-electron chi connectivity index (χ3n) is 1.86. The Morgan fingerprint density at radius 3 is 2.33 bits per heavy atom. The molecule has 2 aliphatic carbocycles. The van der Waals surface area contributed by atoms with Gasteiger partial charge in [0.15, 0.2) is 5.43 Å². The predicted molar refractivity (Wildman–Crippen MR) is 48.0 cm³/mol. The Hall–Kier alpha value is -1.63. The van der Waals surface area contributed by atoms with Crippen molar-refractivity contribution in [3.63, 3.8) is 0 Å².